The van der Waals surface area contributed by atoms with Gasteiger partial charge in [-0.05, 0) is 26.3 Å². The predicted octanol–water partition coefficient (Wildman–Crippen LogP) is -0.0468. The molecule has 0 amide bonds. The van der Waals surface area contributed by atoms with Gasteiger partial charge in [0.2, 0.25) is 10.0 Å². The first-order chi connectivity index (χ1) is 8.49. The van der Waals surface area contributed by atoms with Gasteiger partial charge in [0.25, 0.3) is 0 Å². The van der Waals surface area contributed by atoms with Crippen LogP contribution in [0, 0.1) is 0 Å². The van der Waals surface area contributed by atoms with Crippen LogP contribution in [0.2, 0.25) is 0 Å². The summed E-state index contributed by atoms with van der Waals surface area (Å²) in [6, 6.07) is 0.196. The Morgan fingerprint density at radius 1 is 1.44 bits per heavy atom. The third-order valence-corrected chi connectivity index (χ3v) is 4.73. The molecular formula is C11H22N2O4S. The Morgan fingerprint density at radius 3 is 2.67 bits per heavy atom. The molecule has 1 N–H and O–H groups in total. The molecule has 6 nitrogen and oxygen atoms in total. The van der Waals surface area contributed by atoms with Crippen molar-refractivity contribution >= 4 is 16.0 Å². The van der Waals surface area contributed by atoms with Crippen molar-refractivity contribution in [1.29, 1.82) is 0 Å². The lowest BCUT2D eigenvalue weighted by molar-refractivity contribution is -0.140. The van der Waals surface area contributed by atoms with E-state index in [-0.39, 0.29) is 12.6 Å². The van der Waals surface area contributed by atoms with Gasteiger partial charge in [-0.25, -0.2) is 12.7 Å². The number of likely N-dealkylation sites (N-methyl/N-ethyl adjacent to an activating group) is 1. The standard InChI is InChI=1S/C11H22N2O4S/c1-3-13(8-10-6-5-7-12-10)18(15,16)9-11(14)17-4-2/h10,12H,3-9H2,1-2H3. The van der Waals surface area contributed by atoms with E-state index < -0.39 is 21.7 Å². The smallest absolute Gasteiger partial charge is 0.322 e. The summed E-state index contributed by atoms with van der Waals surface area (Å²) in [7, 11) is -3.56. The predicted molar refractivity (Wildman–Crippen MR) is 68.7 cm³/mol. The number of nitrogens with one attached hydrogen (secondary N) is 1. The van der Waals surface area contributed by atoms with Gasteiger partial charge in [-0.3, -0.25) is 4.79 Å². The number of carbonyl (C=O) groups is 1. The molecule has 1 atom stereocenters. The minimum absolute atomic E-state index is 0.196. The molecule has 106 valence electrons. The Kier molecular flexibility index (Phi) is 6.04. The molecule has 1 heterocycles. The molecule has 0 bridgehead atoms. The molecule has 0 spiro atoms. The van der Waals surface area contributed by atoms with Crippen molar-refractivity contribution in [2.24, 2.45) is 0 Å². The Labute approximate surface area is 109 Å². The zero-order valence-electron chi connectivity index (χ0n) is 11.0. The van der Waals surface area contributed by atoms with Crippen LogP contribution in [0.1, 0.15) is 26.7 Å². The molecule has 0 aromatic heterocycles. The lowest BCUT2D eigenvalue weighted by Gasteiger charge is -2.23. The van der Waals surface area contributed by atoms with Crippen molar-refractivity contribution in [3.05, 3.63) is 0 Å². The van der Waals surface area contributed by atoms with Crippen molar-refractivity contribution in [2.75, 3.05) is 32.0 Å². The van der Waals surface area contributed by atoms with Gasteiger partial charge >= 0.3 is 5.97 Å². The van der Waals surface area contributed by atoms with E-state index in [9.17, 15) is 13.2 Å². The van der Waals surface area contributed by atoms with Crippen molar-refractivity contribution in [3.8, 4) is 0 Å². The summed E-state index contributed by atoms with van der Waals surface area (Å²) in [4.78, 5) is 11.3. The third-order valence-electron chi connectivity index (χ3n) is 2.94. The normalized spacial score (nSPS) is 20.3. The van der Waals surface area contributed by atoms with Crippen molar-refractivity contribution in [3.63, 3.8) is 0 Å². The molecule has 0 saturated carbocycles. The molecule has 1 saturated heterocycles. The summed E-state index contributed by atoms with van der Waals surface area (Å²) in [5.74, 6) is -1.25. The van der Waals surface area contributed by atoms with Gasteiger partial charge in [-0.2, -0.15) is 0 Å². The molecule has 1 aliphatic rings. The van der Waals surface area contributed by atoms with Crippen molar-refractivity contribution in [1.82, 2.24) is 9.62 Å². The molecule has 7 heteroatoms. The SMILES string of the molecule is CCOC(=O)CS(=O)(=O)N(CC)CC1CCCN1. The van der Waals surface area contributed by atoms with E-state index in [1.165, 1.54) is 4.31 Å². The van der Waals surface area contributed by atoms with Gasteiger partial charge in [-0.15, -0.1) is 0 Å². The minimum atomic E-state index is -3.56. The van der Waals surface area contributed by atoms with Crippen LogP contribution in [0.4, 0.5) is 0 Å². The number of esters is 1. The van der Waals surface area contributed by atoms with Crippen LogP contribution < -0.4 is 5.32 Å². The van der Waals surface area contributed by atoms with E-state index in [0.29, 0.717) is 13.1 Å². The van der Waals surface area contributed by atoms with Crippen molar-refractivity contribution < 1.29 is 17.9 Å². The van der Waals surface area contributed by atoms with E-state index in [1.54, 1.807) is 13.8 Å². The van der Waals surface area contributed by atoms with Crippen LogP contribution in [-0.4, -0.2) is 56.7 Å². The van der Waals surface area contributed by atoms with Gasteiger partial charge in [0.1, 0.15) is 0 Å². The van der Waals surface area contributed by atoms with Crippen LogP contribution in [-0.2, 0) is 19.6 Å². The quantitative estimate of drug-likeness (QED) is 0.661. The van der Waals surface area contributed by atoms with Crippen LogP contribution in [0.5, 0.6) is 0 Å². The molecule has 18 heavy (non-hydrogen) atoms. The monoisotopic (exact) mass is 278 g/mol. The van der Waals surface area contributed by atoms with Crippen LogP contribution in [0.3, 0.4) is 0 Å². The first-order valence-electron chi connectivity index (χ1n) is 6.36. The summed E-state index contributed by atoms with van der Waals surface area (Å²) < 4.78 is 30.1. The van der Waals surface area contributed by atoms with E-state index in [4.69, 9.17) is 0 Å². The van der Waals surface area contributed by atoms with E-state index in [1.807, 2.05) is 0 Å². The summed E-state index contributed by atoms with van der Waals surface area (Å²) in [6.07, 6.45) is 2.05. The first-order valence-corrected chi connectivity index (χ1v) is 7.97. The molecular weight excluding hydrogens is 256 g/mol. The molecule has 1 fully saturated rings. The Balaban J connectivity index is 2.58. The average molecular weight is 278 g/mol. The third kappa shape index (κ3) is 4.55. The number of rotatable bonds is 7. The van der Waals surface area contributed by atoms with Crippen molar-refractivity contribution in [2.45, 2.75) is 32.7 Å². The fourth-order valence-electron chi connectivity index (χ4n) is 2.04. The number of hydrogen-bond acceptors (Lipinski definition) is 5. The van der Waals surface area contributed by atoms with Crippen LogP contribution >= 0.6 is 0 Å². The first kappa shape index (κ1) is 15.4. The number of ether oxygens (including phenoxy) is 1. The van der Waals surface area contributed by atoms with Crippen LogP contribution in [0.25, 0.3) is 0 Å². The van der Waals surface area contributed by atoms with E-state index >= 15 is 0 Å². The van der Waals surface area contributed by atoms with Crippen LogP contribution in [0.15, 0.2) is 0 Å². The Hall–Kier alpha value is -0.660. The molecule has 1 unspecified atom stereocenters. The van der Waals surface area contributed by atoms with Gasteiger partial charge in [0, 0.05) is 19.1 Å². The summed E-state index contributed by atoms with van der Waals surface area (Å²) in [6.45, 7) is 5.37. The molecule has 0 aliphatic carbocycles. The molecule has 0 radical (unpaired) electrons. The van der Waals surface area contributed by atoms with E-state index in [2.05, 4.69) is 10.1 Å². The zero-order valence-corrected chi connectivity index (χ0v) is 11.8. The molecule has 0 aromatic carbocycles. The van der Waals surface area contributed by atoms with Gasteiger partial charge in [0.05, 0.1) is 6.61 Å². The molecule has 1 rings (SSSR count). The van der Waals surface area contributed by atoms with Gasteiger partial charge in [0.15, 0.2) is 5.75 Å². The Morgan fingerprint density at radius 2 is 2.17 bits per heavy atom. The second kappa shape index (κ2) is 7.06. The number of carbonyl (C=O) groups excluding carboxylic acids is 1. The highest BCUT2D eigenvalue weighted by atomic mass is 32.2. The summed E-state index contributed by atoms with van der Waals surface area (Å²) in [5, 5.41) is 3.25. The largest absolute Gasteiger partial charge is 0.465 e. The summed E-state index contributed by atoms with van der Waals surface area (Å²) in [5.41, 5.74) is 0. The topological polar surface area (TPSA) is 75.7 Å². The van der Waals surface area contributed by atoms with Gasteiger partial charge in [-0.1, -0.05) is 6.92 Å². The maximum absolute atomic E-state index is 12.0. The maximum Gasteiger partial charge on any atom is 0.322 e. The minimum Gasteiger partial charge on any atom is -0.465 e. The number of nitrogens with zero attached hydrogens (tertiary/aromatic N) is 1. The highest BCUT2D eigenvalue weighted by Gasteiger charge is 2.28. The zero-order chi connectivity index (χ0) is 13.6. The molecule has 1 aliphatic heterocycles. The lowest BCUT2D eigenvalue weighted by Crippen LogP contribution is -2.43. The fraction of sp³-hybridized carbons (Fsp3) is 0.909. The number of hydrogen-bond donors (Lipinski definition) is 1. The number of sulfonamides is 1. The maximum atomic E-state index is 12.0. The highest BCUT2D eigenvalue weighted by molar-refractivity contribution is 7.89. The Bertz CT molecular complexity index is 363. The second-order valence-electron chi connectivity index (χ2n) is 4.31. The summed E-state index contributed by atoms with van der Waals surface area (Å²) >= 11 is 0. The lowest BCUT2D eigenvalue weighted by atomic mass is 10.2. The fourth-order valence-corrected chi connectivity index (χ4v) is 3.40. The highest BCUT2D eigenvalue weighted by Crippen LogP contribution is 2.10. The van der Waals surface area contributed by atoms with Gasteiger partial charge < -0.3 is 10.1 Å². The average Bonchev–Trinajstić information content (AvgIpc) is 2.77. The van der Waals surface area contributed by atoms with E-state index in [0.717, 1.165) is 19.4 Å². The second-order valence-corrected chi connectivity index (χ2v) is 6.27. The molecule has 0 aromatic rings.